The van der Waals surface area contributed by atoms with Crippen molar-refractivity contribution in [1.82, 2.24) is 0 Å². The smallest absolute Gasteiger partial charge is 0.208 e. The van der Waals surface area contributed by atoms with Crippen molar-refractivity contribution in [1.29, 1.82) is 0 Å². The van der Waals surface area contributed by atoms with Crippen molar-refractivity contribution in [2.45, 2.75) is 11.8 Å². The van der Waals surface area contributed by atoms with Crippen molar-refractivity contribution in [2.75, 3.05) is 0 Å². The van der Waals surface area contributed by atoms with E-state index in [0.29, 0.717) is 5.56 Å². The van der Waals surface area contributed by atoms with Crippen LogP contribution >= 0.6 is 38.9 Å². The van der Waals surface area contributed by atoms with Crippen LogP contribution in [0.5, 0.6) is 0 Å². The maximum absolute atomic E-state index is 12.5. The van der Waals surface area contributed by atoms with Gasteiger partial charge in [0.05, 0.1) is 0 Å². The van der Waals surface area contributed by atoms with Gasteiger partial charge >= 0.3 is 0 Å². The van der Waals surface area contributed by atoms with Crippen LogP contribution < -0.4 is 0 Å². The second-order valence-electron chi connectivity index (χ2n) is 3.04. The van der Waals surface area contributed by atoms with Crippen molar-refractivity contribution in [2.24, 2.45) is 0 Å². The average molecular weight is 312 g/mol. The number of fused-ring (bicyclic) bond motifs is 1. The van der Waals surface area contributed by atoms with Crippen molar-refractivity contribution in [3.8, 4) is 0 Å². The van der Waals surface area contributed by atoms with Crippen molar-refractivity contribution in [3.05, 3.63) is 33.6 Å². The first-order chi connectivity index (χ1) is 7.11. The van der Waals surface area contributed by atoms with Crippen molar-refractivity contribution >= 4 is 49.0 Å². The Morgan fingerprint density at radius 1 is 1.33 bits per heavy atom. The molecule has 0 amide bonds. The van der Waals surface area contributed by atoms with Crippen LogP contribution in [0, 0.1) is 0 Å². The molecule has 1 aromatic carbocycles. The molecule has 0 saturated heterocycles. The van der Waals surface area contributed by atoms with E-state index < -0.39 is 11.8 Å². The van der Waals surface area contributed by atoms with E-state index in [1.54, 1.807) is 5.38 Å². The lowest BCUT2D eigenvalue weighted by atomic mass is 10.1. The van der Waals surface area contributed by atoms with Gasteiger partial charge in [-0.25, -0.2) is 8.78 Å². The Balaban J connectivity index is 2.59. The quantitative estimate of drug-likeness (QED) is 0.668. The van der Waals surface area contributed by atoms with Crippen LogP contribution in [0.3, 0.4) is 0 Å². The predicted molar refractivity (Wildman–Crippen MR) is 64.1 cm³/mol. The molecular weight excluding hydrogens is 306 g/mol. The zero-order valence-corrected chi connectivity index (χ0v) is 10.5. The van der Waals surface area contributed by atoms with E-state index in [0.717, 1.165) is 14.6 Å². The minimum absolute atomic E-state index is 0.507. The Kier molecular flexibility index (Phi) is 3.28. The highest BCUT2D eigenvalue weighted by atomic mass is 79.9. The second kappa shape index (κ2) is 4.36. The molecular formula is C10H6BrClF2S. The highest BCUT2D eigenvalue weighted by Crippen LogP contribution is 2.39. The number of hydrogen-bond acceptors (Lipinski definition) is 1. The van der Waals surface area contributed by atoms with Crippen LogP contribution in [0.25, 0.3) is 10.1 Å². The van der Waals surface area contributed by atoms with Crippen LogP contribution in [0.1, 0.15) is 10.9 Å². The molecule has 0 nitrogen and oxygen atoms in total. The Bertz CT molecular complexity index is 483. The summed E-state index contributed by atoms with van der Waals surface area (Å²) in [5.74, 6) is 0. The number of hydrogen-bond donors (Lipinski definition) is 0. The highest BCUT2D eigenvalue weighted by molar-refractivity contribution is 9.10. The van der Waals surface area contributed by atoms with Gasteiger partial charge in [0.15, 0.2) is 0 Å². The largest absolute Gasteiger partial charge is 0.258 e. The molecule has 15 heavy (non-hydrogen) atoms. The third-order valence-electron chi connectivity index (χ3n) is 2.10. The first-order valence-corrected chi connectivity index (χ1v) is 6.30. The number of thiophene rings is 1. The molecule has 0 fully saturated rings. The molecule has 0 spiro atoms. The number of halogens is 4. The highest BCUT2D eigenvalue weighted by Gasteiger charge is 2.22. The molecule has 0 saturated carbocycles. The van der Waals surface area contributed by atoms with Gasteiger partial charge in [-0.1, -0.05) is 12.1 Å². The maximum Gasteiger partial charge on any atom is 0.258 e. The average Bonchev–Trinajstić information content (AvgIpc) is 2.61. The van der Waals surface area contributed by atoms with E-state index in [1.807, 2.05) is 18.2 Å². The molecule has 0 aliphatic carbocycles. The fourth-order valence-electron chi connectivity index (χ4n) is 1.39. The van der Waals surface area contributed by atoms with Gasteiger partial charge in [-0.3, -0.25) is 0 Å². The summed E-state index contributed by atoms with van der Waals surface area (Å²) in [6.45, 7) is 0. The molecule has 1 unspecified atom stereocenters. The lowest BCUT2D eigenvalue weighted by Crippen LogP contribution is -2.00. The molecule has 2 aromatic rings. The molecule has 1 heterocycles. The normalized spacial score (nSPS) is 13.7. The van der Waals surface area contributed by atoms with E-state index >= 15 is 0 Å². The zero-order valence-electron chi connectivity index (χ0n) is 7.38. The molecule has 0 aliphatic rings. The molecule has 80 valence electrons. The Labute approximate surface area is 103 Å². The van der Waals surface area contributed by atoms with E-state index in [9.17, 15) is 8.78 Å². The van der Waals surface area contributed by atoms with E-state index in [-0.39, 0.29) is 0 Å². The van der Waals surface area contributed by atoms with Gasteiger partial charge < -0.3 is 0 Å². The van der Waals surface area contributed by atoms with E-state index in [1.165, 1.54) is 11.3 Å². The van der Waals surface area contributed by atoms with Crippen LogP contribution in [-0.4, -0.2) is 6.43 Å². The SMILES string of the molecule is FC(F)C(Cl)c1csc2c(Br)cccc12. The standard InChI is InChI=1S/C10H6BrClF2S/c11-7-3-1-2-5-6(4-15-9(5)7)8(12)10(13)14/h1-4,8,10H. The van der Waals surface area contributed by atoms with Gasteiger partial charge in [-0.15, -0.1) is 22.9 Å². The predicted octanol–water partition coefficient (Wildman–Crippen LogP) is 5.21. The molecule has 1 atom stereocenters. The minimum atomic E-state index is -2.54. The molecule has 2 rings (SSSR count). The summed E-state index contributed by atoms with van der Waals surface area (Å²) in [6.07, 6.45) is -2.54. The summed E-state index contributed by atoms with van der Waals surface area (Å²) in [5, 5.41) is 1.27. The fourth-order valence-corrected chi connectivity index (χ4v) is 3.30. The van der Waals surface area contributed by atoms with Crippen molar-refractivity contribution in [3.63, 3.8) is 0 Å². The van der Waals surface area contributed by atoms with Gasteiger partial charge in [0, 0.05) is 9.17 Å². The second-order valence-corrected chi connectivity index (χ2v) is 5.25. The fraction of sp³-hybridized carbons (Fsp3) is 0.200. The number of benzene rings is 1. The van der Waals surface area contributed by atoms with Gasteiger partial charge in [0.1, 0.15) is 5.38 Å². The lowest BCUT2D eigenvalue weighted by Gasteiger charge is -2.06. The van der Waals surface area contributed by atoms with Crippen LogP contribution in [0.15, 0.2) is 28.1 Å². The Morgan fingerprint density at radius 2 is 2.07 bits per heavy atom. The molecule has 0 aliphatic heterocycles. The van der Waals surface area contributed by atoms with E-state index in [2.05, 4.69) is 15.9 Å². The minimum Gasteiger partial charge on any atom is -0.208 e. The monoisotopic (exact) mass is 310 g/mol. The molecule has 0 radical (unpaired) electrons. The zero-order chi connectivity index (χ0) is 11.0. The van der Waals surface area contributed by atoms with Gasteiger partial charge in [0.2, 0.25) is 0 Å². The first-order valence-electron chi connectivity index (χ1n) is 4.19. The van der Waals surface area contributed by atoms with Gasteiger partial charge in [0.25, 0.3) is 6.43 Å². The molecule has 0 N–H and O–H groups in total. The summed E-state index contributed by atoms with van der Waals surface area (Å²) in [6, 6.07) is 5.51. The first kappa shape index (κ1) is 11.3. The van der Waals surface area contributed by atoms with Crippen LogP contribution in [0.4, 0.5) is 8.78 Å². The maximum atomic E-state index is 12.5. The Morgan fingerprint density at radius 3 is 2.73 bits per heavy atom. The van der Waals surface area contributed by atoms with Gasteiger partial charge in [-0.05, 0) is 38.3 Å². The summed E-state index contributed by atoms with van der Waals surface area (Å²) >= 11 is 10.5. The van der Waals surface area contributed by atoms with Crippen LogP contribution in [-0.2, 0) is 0 Å². The number of rotatable bonds is 2. The lowest BCUT2D eigenvalue weighted by molar-refractivity contribution is 0.143. The molecule has 1 aromatic heterocycles. The van der Waals surface area contributed by atoms with Crippen LogP contribution in [0.2, 0.25) is 0 Å². The van der Waals surface area contributed by atoms with Crippen molar-refractivity contribution < 1.29 is 8.78 Å². The number of alkyl halides is 3. The summed E-state index contributed by atoms with van der Waals surface area (Å²) < 4.78 is 26.8. The topological polar surface area (TPSA) is 0 Å². The summed E-state index contributed by atoms with van der Waals surface area (Å²) in [7, 11) is 0. The summed E-state index contributed by atoms with van der Waals surface area (Å²) in [4.78, 5) is 0. The van der Waals surface area contributed by atoms with E-state index in [4.69, 9.17) is 11.6 Å². The third-order valence-corrected chi connectivity index (χ3v) is 4.50. The van der Waals surface area contributed by atoms with Gasteiger partial charge in [-0.2, -0.15) is 0 Å². The Hall–Kier alpha value is -0.190. The molecule has 5 heteroatoms. The third kappa shape index (κ3) is 2.03. The summed E-state index contributed by atoms with van der Waals surface area (Å²) in [5.41, 5.74) is 0.507. The molecule has 0 bridgehead atoms.